The molecular weight excluding hydrogens is 352 g/mol. The van der Waals surface area contributed by atoms with E-state index in [1.54, 1.807) is 6.92 Å². The predicted octanol–water partition coefficient (Wildman–Crippen LogP) is 3.49. The summed E-state index contributed by atoms with van der Waals surface area (Å²) in [5.74, 6) is -2.43. The van der Waals surface area contributed by atoms with Crippen molar-refractivity contribution in [3.8, 4) is 0 Å². The van der Waals surface area contributed by atoms with Crippen molar-refractivity contribution in [2.45, 2.75) is 104 Å². The summed E-state index contributed by atoms with van der Waals surface area (Å²) in [5, 5.41) is 9.05. The molecule has 1 saturated carbocycles. The summed E-state index contributed by atoms with van der Waals surface area (Å²) in [6.07, 6.45) is 3.12. The zero-order valence-corrected chi connectivity index (χ0v) is 17.1. The molecule has 7 heteroatoms. The third-order valence-corrected chi connectivity index (χ3v) is 5.60. The molecule has 0 aromatic rings. The van der Waals surface area contributed by atoms with Crippen molar-refractivity contribution in [1.82, 2.24) is 0 Å². The number of hydrogen-bond acceptors (Lipinski definition) is 6. The fourth-order valence-corrected chi connectivity index (χ4v) is 3.81. The molecule has 0 aromatic carbocycles. The summed E-state index contributed by atoms with van der Waals surface area (Å²) >= 11 is 0. The number of ether oxygens (including phenoxy) is 4. The average Bonchev–Trinajstić information content (AvgIpc) is 3.27. The number of carbonyl (C=O) groups is 2. The summed E-state index contributed by atoms with van der Waals surface area (Å²) in [5.41, 5.74) is 0. The Morgan fingerprint density at radius 1 is 1.07 bits per heavy atom. The second kappa shape index (κ2) is 9.34. The zero-order chi connectivity index (χ0) is 20.2. The van der Waals surface area contributed by atoms with Gasteiger partial charge in [-0.2, -0.15) is 0 Å². The number of carboxylic acids is 1. The summed E-state index contributed by atoms with van der Waals surface area (Å²) < 4.78 is 23.1. The van der Waals surface area contributed by atoms with Gasteiger partial charge in [0, 0.05) is 12.8 Å². The number of rotatable bonds is 2. The number of fused-ring (bicyclic) bond motifs is 3. The smallest absolute Gasteiger partial charge is 0.311 e. The minimum atomic E-state index is -0.773. The Bertz CT molecular complexity index is 510. The number of hydrogen-bond donors (Lipinski definition) is 1. The van der Waals surface area contributed by atoms with Gasteiger partial charge in [0.25, 0.3) is 0 Å². The van der Waals surface area contributed by atoms with E-state index in [0.29, 0.717) is 25.7 Å². The van der Waals surface area contributed by atoms with Crippen LogP contribution < -0.4 is 0 Å². The molecule has 1 N–H and O–H groups in total. The molecule has 0 amide bonds. The zero-order valence-electron chi connectivity index (χ0n) is 17.1. The molecule has 4 aliphatic rings. The predicted molar refractivity (Wildman–Crippen MR) is 97.9 cm³/mol. The van der Waals surface area contributed by atoms with Gasteiger partial charge >= 0.3 is 11.9 Å². The van der Waals surface area contributed by atoms with Crippen molar-refractivity contribution < 1.29 is 33.6 Å². The molecule has 4 rings (SSSR count). The van der Waals surface area contributed by atoms with Crippen molar-refractivity contribution in [2.75, 3.05) is 0 Å². The summed E-state index contributed by atoms with van der Waals surface area (Å²) in [6.45, 7) is 10.1. The van der Waals surface area contributed by atoms with Gasteiger partial charge < -0.3 is 24.1 Å². The Morgan fingerprint density at radius 2 is 1.67 bits per heavy atom. The highest BCUT2D eigenvalue weighted by atomic mass is 16.8. The molecule has 0 bridgehead atoms. The van der Waals surface area contributed by atoms with Crippen LogP contribution in [0.4, 0.5) is 0 Å². The lowest BCUT2D eigenvalue weighted by Crippen LogP contribution is -2.40. The van der Waals surface area contributed by atoms with Crippen LogP contribution in [0.2, 0.25) is 0 Å². The normalized spacial score (nSPS) is 41.6. The molecule has 0 aromatic heterocycles. The van der Waals surface area contributed by atoms with Crippen LogP contribution in [-0.2, 0) is 28.5 Å². The van der Waals surface area contributed by atoms with Crippen LogP contribution in [0, 0.1) is 11.8 Å². The molecule has 0 radical (unpaired) electrons. The van der Waals surface area contributed by atoms with Crippen LogP contribution in [0.3, 0.4) is 0 Å². The van der Waals surface area contributed by atoms with Crippen molar-refractivity contribution >= 4 is 11.9 Å². The summed E-state index contributed by atoms with van der Waals surface area (Å²) in [7, 11) is 0. The molecule has 3 saturated heterocycles. The number of carbonyl (C=O) groups excluding carboxylic acids is 1. The van der Waals surface area contributed by atoms with E-state index in [0.717, 1.165) is 0 Å². The summed E-state index contributed by atoms with van der Waals surface area (Å²) in [4.78, 5) is 22.6. The second-order valence-corrected chi connectivity index (χ2v) is 7.38. The van der Waals surface area contributed by atoms with E-state index in [9.17, 15) is 9.59 Å². The molecule has 7 nitrogen and oxygen atoms in total. The van der Waals surface area contributed by atoms with E-state index in [4.69, 9.17) is 24.1 Å². The Balaban J connectivity index is 0.000000389. The molecule has 4 fully saturated rings. The van der Waals surface area contributed by atoms with Gasteiger partial charge in [-0.25, -0.2) is 0 Å². The van der Waals surface area contributed by atoms with Crippen LogP contribution in [0.1, 0.15) is 73.1 Å². The molecule has 27 heavy (non-hydrogen) atoms. The minimum Gasteiger partial charge on any atom is -0.481 e. The van der Waals surface area contributed by atoms with Gasteiger partial charge in [0.1, 0.15) is 6.10 Å². The molecule has 1 aliphatic carbocycles. The molecule has 1 spiro atoms. The number of unbranched alkanes of at least 4 members (excludes halogenated alkanes) is 1. The van der Waals surface area contributed by atoms with Crippen LogP contribution in [0.15, 0.2) is 0 Å². The Kier molecular flexibility index (Phi) is 7.65. The lowest BCUT2D eigenvalue weighted by atomic mass is 9.85. The first kappa shape index (κ1) is 22.1. The first-order valence-corrected chi connectivity index (χ1v) is 10.3. The topological polar surface area (TPSA) is 91.3 Å². The van der Waals surface area contributed by atoms with Crippen LogP contribution >= 0.6 is 0 Å². The van der Waals surface area contributed by atoms with Gasteiger partial charge in [0.05, 0.1) is 11.8 Å². The van der Waals surface area contributed by atoms with Crippen molar-refractivity contribution in [3.05, 3.63) is 0 Å². The van der Waals surface area contributed by atoms with Crippen molar-refractivity contribution in [2.24, 2.45) is 11.8 Å². The molecular formula is C20H34O7. The summed E-state index contributed by atoms with van der Waals surface area (Å²) in [6, 6.07) is 0. The van der Waals surface area contributed by atoms with E-state index in [-0.39, 0.29) is 23.9 Å². The molecule has 3 heterocycles. The highest BCUT2D eigenvalue weighted by Crippen LogP contribution is 2.49. The van der Waals surface area contributed by atoms with E-state index in [2.05, 4.69) is 13.8 Å². The average molecular weight is 386 g/mol. The van der Waals surface area contributed by atoms with Gasteiger partial charge in [0.2, 0.25) is 0 Å². The van der Waals surface area contributed by atoms with Crippen LogP contribution in [0.25, 0.3) is 0 Å². The van der Waals surface area contributed by atoms with Gasteiger partial charge in [-0.3, -0.25) is 9.59 Å². The largest absolute Gasteiger partial charge is 0.481 e. The molecule has 5 unspecified atom stereocenters. The Labute approximate surface area is 161 Å². The first-order chi connectivity index (χ1) is 12.9. The van der Waals surface area contributed by atoms with E-state index < -0.39 is 30.3 Å². The van der Waals surface area contributed by atoms with Gasteiger partial charge in [-0.15, -0.1) is 0 Å². The first-order valence-electron chi connectivity index (χ1n) is 10.3. The van der Waals surface area contributed by atoms with E-state index >= 15 is 0 Å². The van der Waals surface area contributed by atoms with Gasteiger partial charge in [-0.05, 0) is 19.8 Å². The monoisotopic (exact) mass is 386 g/mol. The van der Waals surface area contributed by atoms with Crippen molar-refractivity contribution in [3.63, 3.8) is 0 Å². The van der Waals surface area contributed by atoms with Crippen LogP contribution in [0.5, 0.6) is 0 Å². The number of aliphatic carboxylic acids is 1. The maximum atomic E-state index is 11.6. The Morgan fingerprint density at radius 3 is 2.19 bits per heavy atom. The fourth-order valence-electron chi connectivity index (χ4n) is 3.81. The Hall–Kier alpha value is -1.18. The lowest BCUT2D eigenvalue weighted by molar-refractivity contribution is -0.246. The third kappa shape index (κ3) is 4.46. The number of esters is 1. The van der Waals surface area contributed by atoms with E-state index in [1.165, 1.54) is 12.8 Å². The van der Waals surface area contributed by atoms with E-state index in [1.807, 2.05) is 13.8 Å². The molecule has 3 aliphatic heterocycles. The lowest BCUT2D eigenvalue weighted by Gasteiger charge is -2.35. The highest BCUT2D eigenvalue weighted by molar-refractivity contribution is 5.75. The highest BCUT2D eigenvalue weighted by Gasteiger charge is 2.64. The maximum absolute atomic E-state index is 11.6. The molecule has 5 atom stereocenters. The fraction of sp³-hybridized carbons (Fsp3) is 0.900. The third-order valence-electron chi connectivity index (χ3n) is 5.60. The van der Waals surface area contributed by atoms with Gasteiger partial charge in [-0.1, -0.05) is 40.5 Å². The quantitative estimate of drug-likeness (QED) is 0.726. The minimum absolute atomic E-state index is 0.261. The van der Waals surface area contributed by atoms with Crippen LogP contribution in [-0.4, -0.2) is 47.4 Å². The second-order valence-electron chi connectivity index (χ2n) is 7.38. The SMILES string of the molecule is CC.CC1C(=O)OC2C3OC4(CCC(C(=O)O)CC4)OC3OC12.CCCC. The standard InChI is InChI=1S/C14H18O7.C4H10.C2H6/c1-6-8-9(18-12(6)17)10-13(19-8)21-14(20-10)4-2-7(3-5-14)11(15)16;1-3-4-2;1-2/h6-10,13H,2-5H2,1H3,(H,15,16);3-4H2,1-2H3;1-2H3. The van der Waals surface area contributed by atoms with Crippen molar-refractivity contribution in [1.29, 1.82) is 0 Å². The molecule has 156 valence electrons. The van der Waals surface area contributed by atoms with Gasteiger partial charge in [0.15, 0.2) is 24.3 Å². The maximum Gasteiger partial charge on any atom is 0.311 e. The number of carboxylic acid groups (broad SMARTS) is 1.